The second kappa shape index (κ2) is 8.68. The maximum atomic E-state index is 13.4. The van der Waals surface area contributed by atoms with Gasteiger partial charge >= 0.3 is 54.1 Å². The van der Waals surface area contributed by atoms with Crippen LogP contribution in [0.4, 0.5) is 61.5 Å². The molecule has 0 radical (unpaired) electrons. The Morgan fingerprint density at radius 1 is 0.839 bits per heavy atom. The van der Waals surface area contributed by atoms with E-state index in [9.17, 15) is 71.1 Å². The van der Waals surface area contributed by atoms with Gasteiger partial charge in [-0.25, -0.2) is 18.4 Å². The lowest BCUT2D eigenvalue weighted by atomic mass is 9.97. The number of hydrogen-bond acceptors (Lipinski definition) is 4. The van der Waals surface area contributed by atoms with Gasteiger partial charge in [0.05, 0.1) is 6.61 Å². The van der Waals surface area contributed by atoms with Crippen LogP contribution in [0.15, 0.2) is 12.7 Å². The highest BCUT2D eigenvalue weighted by molar-refractivity contribution is 5.81. The molecule has 0 rings (SSSR count). The summed E-state index contributed by atoms with van der Waals surface area (Å²) in [6.07, 6.45) is -22.0. The van der Waals surface area contributed by atoms with Gasteiger partial charge in [-0.3, -0.25) is 0 Å². The quantitative estimate of drug-likeness (QED) is 0.266. The SMILES string of the molecule is C=CC(=O)OCCC(OC(=O)C(F)(F)C(F)(F)C(F)(F)C(F)F)(C(F)(F)F)C(F)(F)F. The highest BCUT2D eigenvalue weighted by Crippen LogP contribution is 2.52. The first kappa shape index (κ1) is 28.7. The number of rotatable bonds is 9. The molecule has 0 spiro atoms. The van der Waals surface area contributed by atoms with E-state index in [1.165, 1.54) is 0 Å². The lowest BCUT2D eigenvalue weighted by molar-refractivity contribution is -0.384. The minimum atomic E-state index is -7.48. The molecule has 18 heteroatoms. The molecule has 0 aromatic carbocycles. The second-order valence-corrected chi connectivity index (χ2v) is 5.41. The Labute approximate surface area is 161 Å². The Balaban J connectivity index is 6.34. The van der Waals surface area contributed by atoms with Gasteiger partial charge in [0, 0.05) is 12.5 Å². The number of halogens is 14. The van der Waals surface area contributed by atoms with Gasteiger partial charge in [-0.15, -0.1) is 0 Å². The number of ether oxygens (including phenoxy) is 2. The Morgan fingerprint density at radius 3 is 1.58 bits per heavy atom. The summed E-state index contributed by atoms with van der Waals surface area (Å²) in [7, 11) is 0. The maximum absolute atomic E-state index is 13.4. The highest BCUT2D eigenvalue weighted by Gasteiger charge is 2.81. The first-order valence-electron chi connectivity index (χ1n) is 7.10. The van der Waals surface area contributed by atoms with Crippen LogP contribution in [-0.2, 0) is 19.1 Å². The summed E-state index contributed by atoms with van der Waals surface area (Å²) < 4.78 is 187. The van der Waals surface area contributed by atoms with Crippen molar-refractivity contribution >= 4 is 11.9 Å². The van der Waals surface area contributed by atoms with E-state index in [1.54, 1.807) is 0 Å². The highest BCUT2D eigenvalue weighted by atomic mass is 19.4. The van der Waals surface area contributed by atoms with Crippen molar-refractivity contribution in [2.24, 2.45) is 0 Å². The monoisotopic (exact) mass is 494 g/mol. The van der Waals surface area contributed by atoms with Crippen LogP contribution in [0.25, 0.3) is 0 Å². The van der Waals surface area contributed by atoms with E-state index in [2.05, 4.69) is 16.1 Å². The topological polar surface area (TPSA) is 52.6 Å². The summed E-state index contributed by atoms with van der Waals surface area (Å²) in [5.74, 6) is -28.1. The van der Waals surface area contributed by atoms with Gasteiger partial charge in [0.2, 0.25) is 0 Å². The summed E-state index contributed by atoms with van der Waals surface area (Å²) in [4.78, 5) is 21.8. The number of esters is 2. The molecule has 0 N–H and O–H groups in total. The van der Waals surface area contributed by atoms with E-state index in [1.807, 2.05) is 0 Å². The average Bonchev–Trinajstić information content (AvgIpc) is 2.57. The third-order valence-corrected chi connectivity index (χ3v) is 3.39. The number of carbonyl (C=O) groups excluding carboxylic acids is 2. The molecule has 0 atom stereocenters. The van der Waals surface area contributed by atoms with Crippen molar-refractivity contribution in [1.29, 1.82) is 0 Å². The summed E-state index contributed by atoms with van der Waals surface area (Å²) in [6, 6.07) is 0. The van der Waals surface area contributed by atoms with E-state index in [0.717, 1.165) is 0 Å². The molecule has 0 bridgehead atoms. The van der Waals surface area contributed by atoms with Crippen molar-refractivity contribution in [3.05, 3.63) is 12.7 Å². The van der Waals surface area contributed by atoms with Crippen LogP contribution in [0.3, 0.4) is 0 Å². The Bertz CT molecular complexity index is 665. The molecule has 0 heterocycles. The molecule has 0 saturated carbocycles. The molecule has 182 valence electrons. The van der Waals surface area contributed by atoms with Gasteiger partial charge in [0.25, 0.3) is 0 Å². The third-order valence-electron chi connectivity index (χ3n) is 3.39. The number of hydrogen-bond donors (Lipinski definition) is 0. The molecule has 31 heavy (non-hydrogen) atoms. The van der Waals surface area contributed by atoms with E-state index in [4.69, 9.17) is 0 Å². The van der Waals surface area contributed by atoms with Gasteiger partial charge in [0.15, 0.2) is 0 Å². The van der Waals surface area contributed by atoms with E-state index < -0.39 is 67.1 Å². The van der Waals surface area contributed by atoms with Crippen LogP contribution in [0.5, 0.6) is 0 Å². The molecule has 0 aliphatic heterocycles. The average molecular weight is 494 g/mol. The fourth-order valence-corrected chi connectivity index (χ4v) is 1.66. The molecule has 4 nitrogen and oxygen atoms in total. The van der Waals surface area contributed by atoms with Gasteiger partial charge in [-0.05, 0) is 0 Å². The predicted molar refractivity (Wildman–Crippen MR) is 67.6 cm³/mol. The predicted octanol–water partition coefficient (Wildman–Crippen LogP) is 4.68. The summed E-state index contributed by atoms with van der Waals surface area (Å²) in [6.45, 7) is 0.719. The minimum Gasteiger partial charge on any atom is -0.462 e. The zero-order valence-electron chi connectivity index (χ0n) is 14.2. The molecule has 0 fully saturated rings. The van der Waals surface area contributed by atoms with Gasteiger partial charge in [-0.2, -0.15) is 52.7 Å². The van der Waals surface area contributed by atoms with Crippen LogP contribution in [0.2, 0.25) is 0 Å². The molecular formula is C13H8F14O4. The van der Waals surface area contributed by atoms with Gasteiger partial charge in [-0.1, -0.05) is 6.58 Å². The molecule has 0 aliphatic rings. The smallest absolute Gasteiger partial charge is 0.437 e. The van der Waals surface area contributed by atoms with E-state index >= 15 is 0 Å². The Hall–Kier alpha value is -2.30. The number of carbonyl (C=O) groups is 2. The van der Waals surface area contributed by atoms with E-state index in [0.29, 0.717) is 0 Å². The van der Waals surface area contributed by atoms with Crippen molar-refractivity contribution < 1.29 is 80.5 Å². The molecule has 0 amide bonds. The van der Waals surface area contributed by atoms with Gasteiger partial charge in [0.1, 0.15) is 0 Å². The summed E-state index contributed by atoms with van der Waals surface area (Å²) in [5.41, 5.74) is -6.09. The first-order valence-corrected chi connectivity index (χ1v) is 7.10. The van der Waals surface area contributed by atoms with Crippen LogP contribution in [-0.4, -0.2) is 60.7 Å². The van der Waals surface area contributed by atoms with Crippen LogP contribution in [0, 0.1) is 0 Å². The maximum Gasteiger partial charge on any atom is 0.437 e. The van der Waals surface area contributed by atoms with E-state index in [-0.39, 0.29) is 6.08 Å². The Morgan fingerprint density at radius 2 is 1.26 bits per heavy atom. The van der Waals surface area contributed by atoms with Crippen LogP contribution < -0.4 is 0 Å². The fraction of sp³-hybridized carbons (Fsp3) is 0.692. The van der Waals surface area contributed by atoms with Crippen LogP contribution in [0.1, 0.15) is 6.42 Å². The normalized spacial score (nSPS) is 14.4. The Kier molecular flexibility index (Phi) is 8.03. The zero-order valence-corrected chi connectivity index (χ0v) is 14.2. The molecular weight excluding hydrogens is 486 g/mol. The lowest BCUT2D eigenvalue weighted by Gasteiger charge is -2.38. The minimum absolute atomic E-state index is 0.218. The van der Waals surface area contributed by atoms with Crippen LogP contribution >= 0.6 is 0 Å². The summed E-state index contributed by atoms with van der Waals surface area (Å²) >= 11 is 0. The van der Waals surface area contributed by atoms with Crippen molar-refractivity contribution in [3.63, 3.8) is 0 Å². The molecule has 0 unspecified atom stereocenters. The van der Waals surface area contributed by atoms with Crippen molar-refractivity contribution in [2.45, 2.75) is 48.6 Å². The second-order valence-electron chi connectivity index (χ2n) is 5.41. The first-order chi connectivity index (χ1) is 13.5. The van der Waals surface area contributed by atoms with Gasteiger partial charge < -0.3 is 9.47 Å². The summed E-state index contributed by atoms with van der Waals surface area (Å²) in [5, 5.41) is 0. The molecule has 0 saturated heterocycles. The standard InChI is InChI=1S/C13H8F14O4/c1-2-5(28)30-4-3-8(12(22,23)24,13(25,26)27)31-7(29)10(18,19)11(20,21)9(16,17)6(14)15/h2,6H,1,3-4H2. The largest absolute Gasteiger partial charge is 0.462 e. The molecule has 0 aliphatic carbocycles. The number of alkyl halides is 14. The lowest BCUT2D eigenvalue weighted by Crippen LogP contribution is -2.66. The zero-order chi connectivity index (χ0) is 25.3. The van der Waals surface area contributed by atoms with Crippen molar-refractivity contribution in [3.8, 4) is 0 Å². The van der Waals surface area contributed by atoms with Crippen molar-refractivity contribution in [1.82, 2.24) is 0 Å². The third kappa shape index (κ3) is 5.13. The molecule has 0 aromatic heterocycles. The fourth-order valence-electron chi connectivity index (χ4n) is 1.66. The van der Waals surface area contributed by atoms with Crippen molar-refractivity contribution in [2.75, 3.05) is 6.61 Å². The molecule has 0 aromatic rings.